The van der Waals surface area contributed by atoms with E-state index in [0.717, 1.165) is 43.8 Å². The molecule has 1 atom stereocenters. The second-order valence-corrected chi connectivity index (χ2v) is 5.88. The molecular formula is C17H23NO2. The Labute approximate surface area is 121 Å². The number of ether oxygens (including phenoxy) is 1. The van der Waals surface area contributed by atoms with Crippen LogP contribution in [0, 0.1) is 17.8 Å². The van der Waals surface area contributed by atoms with Gasteiger partial charge in [-0.15, -0.1) is 6.42 Å². The van der Waals surface area contributed by atoms with E-state index in [9.17, 15) is 5.11 Å². The van der Waals surface area contributed by atoms with Gasteiger partial charge >= 0.3 is 0 Å². The molecule has 1 aromatic carbocycles. The molecule has 0 radical (unpaired) electrons. The molecular weight excluding hydrogens is 250 g/mol. The molecule has 1 aromatic rings. The van der Waals surface area contributed by atoms with Crippen LogP contribution in [0.1, 0.15) is 25.3 Å². The van der Waals surface area contributed by atoms with Gasteiger partial charge in [-0.2, -0.15) is 0 Å². The number of rotatable bonds is 5. The maximum atomic E-state index is 9.53. The summed E-state index contributed by atoms with van der Waals surface area (Å²) in [4.78, 5) is 2.39. The SMILES string of the molecule is C#CCOc1ccccc1CN1CCCC(C)(CO)C1. The number of likely N-dealkylation sites (tertiary alicyclic amines) is 1. The highest BCUT2D eigenvalue weighted by molar-refractivity contribution is 5.33. The molecule has 1 unspecified atom stereocenters. The molecule has 0 amide bonds. The van der Waals surface area contributed by atoms with Crippen molar-refractivity contribution < 1.29 is 9.84 Å². The van der Waals surface area contributed by atoms with Crippen molar-refractivity contribution in [2.75, 3.05) is 26.3 Å². The van der Waals surface area contributed by atoms with Gasteiger partial charge < -0.3 is 9.84 Å². The van der Waals surface area contributed by atoms with Gasteiger partial charge in [-0.3, -0.25) is 4.90 Å². The van der Waals surface area contributed by atoms with Crippen LogP contribution in [0.25, 0.3) is 0 Å². The van der Waals surface area contributed by atoms with E-state index >= 15 is 0 Å². The van der Waals surface area contributed by atoms with Crippen LogP contribution in [0.5, 0.6) is 5.75 Å². The number of nitrogens with zero attached hydrogens (tertiary/aromatic N) is 1. The zero-order valence-corrected chi connectivity index (χ0v) is 12.1. The first-order valence-electron chi connectivity index (χ1n) is 7.14. The standard InChI is InChI=1S/C17H23NO2/c1-3-11-20-16-8-5-4-7-15(16)12-18-10-6-9-17(2,13-18)14-19/h1,4-5,7-8,19H,6,9-14H2,2H3. The Morgan fingerprint density at radius 3 is 3.00 bits per heavy atom. The Kier molecular flexibility index (Phi) is 5.05. The second-order valence-electron chi connectivity index (χ2n) is 5.88. The molecule has 1 saturated heterocycles. The minimum Gasteiger partial charge on any atom is -0.481 e. The van der Waals surface area contributed by atoms with Crippen molar-refractivity contribution >= 4 is 0 Å². The largest absolute Gasteiger partial charge is 0.481 e. The molecule has 1 heterocycles. The number of hydrogen-bond acceptors (Lipinski definition) is 3. The zero-order chi connectivity index (χ0) is 14.4. The second kappa shape index (κ2) is 6.78. The lowest BCUT2D eigenvalue weighted by Crippen LogP contribution is -2.43. The summed E-state index contributed by atoms with van der Waals surface area (Å²) in [6.45, 7) is 5.53. The van der Waals surface area contributed by atoms with E-state index in [1.165, 1.54) is 0 Å². The summed E-state index contributed by atoms with van der Waals surface area (Å²) in [5.41, 5.74) is 1.18. The molecule has 3 heteroatoms. The molecule has 1 aliphatic rings. The molecule has 1 aliphatic heterocycles. The van der Waals surface area contributed by atoms with Crippen molar-refractivity contribution in [1.29, 1.82) is 0 Å². The summed E-state index contributed by atoms with van der Waals surface area (Å²) in [6, 6.07) is 8.02. The maximum Gasteiger partial charge on any atom is 0.148 e. The van der Waals surface area contributed by atoms with Crippen molar-refractivity contribution in [3.8, 4) is 18.1 Å². The summed E-state index contributed by atoms with van der Waals surface area (Å²) in [5, 5.41) is 9.53. The van der Waals surface area contributed by atoms with Gasteiger partial charge in [-0.05, 0) is 25.5 Å². The molecule has 0 spiro atoms. The van der Waals surface area contributed by atoms with Crippen LogP contribution >= 0.6 is 0 Å². The number of terminal acetylenes is 1. The first kappa shape index (κ1) is 14.9. The molecule has 20 heavy (non-hydrogen) atoms. The summed E-state index contributed by atoms with van der Waals surface area (Å²) >= 11 is 0. The van der Waals surface area contributed by atoms with E-state index in [2.05, 4.69) is 23.8 Å². The van der Waals surface area contributed by atoms with E-state index in [1.54, 1.807) is 0 Å². The average molecular weight is 273 g/mol. The fourth-order valence-corrected chi connectivity index (χ4v) is 2.83. The first-order chi connectivity index (χ1) is 9.67. The summed E-state index contributed by atoms with van der Waals surface area (Å²) in [6.07, 6.45) is 7.47. The fourth-order valence-electron chi connectivity index (χ4n) is 2.83. The topological polar surface area (TPSA) is 32.7 Å². The van der Waals surface area contributed by atoms with Crippen molar-refractivity contribution in [2.45, 2.75) is 26.3 Å². The van der Waals surface area contributed by atoms with Gasteiger partial charge in [-0.1, -0.05) is 31.0 Å². The molecule has 0 aliphatic carbocycles. The molecule has 1 N–H and O–H groups in total. The Balaban J connectivity index is 2.04. The predicted octanol–water partition coefficient (Wildman–Crippen LogP) is 2.29. The predicted molar refractivity (Wildman–Crippen MR) is 80.5 cm³/mol. The van der Waals surface area contributed by atoms with E-state index in [4.69, 9.17) is 11.2 Å². The van der Waals surface area contributed by atoms with Gasteiger partial charge in [0.2, 0.25) is 0 Å². The van der Waals surface area contributed by atoms with Gasteiger partial charge in [-0.25, -0.2) is 0 Å². The van der Waals surface area contributed by atoms with Crippen LogP contribution in [0.3, 0.4) is 0 Å². The third kappa shape index (κ3) is 3.75. The van der Waals surface area contributed by atoms with Crippen molar-refractivity contribution in [3.63, 3.8) is 0 Å². The zero-order valence-electron chi connectivity index (χ0n) is 12.1. The third-order valence-electron chi connectivity index (χ3n) is 3.92. The number of aliphatic hydroxyl groups excluding tert-OH is 1. The third-order valence-corrected chi connectivity index (χ3v) is 3.92. The Hall–Kier alpha value is -1.50. The van der Waals surface area contributed by atoms with Gasteiger partial charge in [0.05, 0.1) is 0 Å². The van der Waals surface area contributed by atoms with Crippen molar-refractivity contribution in [1.82, 2.24) is 4.90 Å². The number of benzene rings is 1. The molecule has 2 rings (SSSR count). The summed E-state index contributed by atoms with van der Waals surface area (Å²) in [7, 11) is 0. The maximum absolute atomic E-state index is 9.53. The molecule has 108 valence electrons. The Morgan fingerprint density at radius 2 is 2.25 bits per heavy atom. The summed E-state index contributed by atoms with van der Waals surface area (Å²) < 4.78 is 5.59. The molecule has 3 nitrogen and oxygen atoms in total. The minimum absolute atomic E-state index is 0.0207. The molecule has 0 saturated carbocycles. The van der Waals surface area contributed by atoms with Gasteiger partial charge in [0.15, 0.2) is 0 Å². The number of para-hydroxylation sites is 1. The molecule has 0 bridgehead atoms. The van der Waals surface area contributed by atoms with Crippen molar-refractivity contribution in [2.24, 2.45) is 5.41 Å². The average Bonchev–Trinajstić information content (AvgIpc) is 2.46. The highest BCUT2D eigenvalue weighted by Crippen LogP contribution is 2.30. The Morgan fingerprint density at radius 1 is 1.45 bits per heavy atom. The smallest absolute Gasteiger partial charge is 0.148 e. The molecule has 1 fully saturated rings. The Bertz CT molecular complexity index is 480. The fraction of sp³-hybridized carbons (Fsp3) is 0.529. The van der Waals surface area contributed by atoms with E-state index in [0.29, 0.717) is 6.61 Å². The number of piperidine rings is 1. The van der Waals surface area contributed by atoms with Crippen molar-refractivity contribution in [3.05, 3.63) is 29.8 Å². The van der Waals surface area contributed by atoms with E-state index in [-0.39, 0.29) is 12.0 Å². The highest BCUT2D eigenvalue weighted by atomic mass is 16.5. The highest BCUT2D eigenvalue weighted by Gasteiger charge is 2.30. The van der Waals surface area contributed by atoms with Crippen LogP contribution in [0.2, 0.25) is 0 Å². The number of aliphatic hydroxyl groups is 1. The lowest BCUT2D eigenvalue weighted by Gasteiger charge is -2.39. The van der Waals surface area contributed by atoms with Crippen LogP contribution in [-0.2, 0) is 6.54 Å². The normalized spacial score (nSPS) is 23.2. The van der Waals surface area contributed by atoms with Crippen LogP contribution in [0.4, 0.5) is 0 Å². The minimum atomic E-state index is 0.0207. The summed E-state index contributed by atoms with van der Waals surface area (Å²) in [5.74, 6) is 3.36. The van der Waals surface area contributed by atoms with Crippen LogP contribution in [-0.4, -0.2) is 36.3 Å². The quantitative estimate of drug-likeness (QED) is 0.836. The van der Waals surface area contributed by atoms with Gasteiger partial charge in [0, 0.05) is 30.7 Å². The monoisotopic (exact) mass is 273 g/mol. The van der Waals surface area contributed by atoms with Gasteiger partial charge in [0.25, 0.3) is 0 Å². The van der Waals surface area contributed by atoms with Crippen LogP contribution in [0.15, 0.2) is 24.3 Å². The molecule has 0 aromatic heterocycles. The first-order valence-corrected chi connectivity index (χ1v) is 7.14. The van der Waals surface area contributed by atoms with E-state index < -0.39 is 0 Å². The van der Waals surface area contributed by atoms with Crippen LogP contribution < -0.4 is 4.74 Å². The lowest BCUT2D eigenvalue weighted by atomic mass is 9.82. The lowest BCUT2D eigenvalue weighted by molar-refractivity contribution is 0.0426. The number of hydrogen-bond donors (Lipinski definition) is 1. The van der Waals surface area contributed by atoms with Gasteiger partial charge in [0.1, 0.15) is 12.4 Å². The van der Waals surface area contributed by atoms with E-state index in [1.807, 2.05) is 18.2 Å².